The Kier molecular flexibility index (Phi) is 5.64. The van der Waals surface area contributed by atoms with E-state index >= 15 is 0 Å². The second-order valence-electron chi connectivity index (χ2n) is 9.85. The lowest BCUT2D eigenvalue weighted by Crippen LogP contribution is -2.42. The highest BCUT2D eigenvalue weighted by molar-refractivity contribution is 5.92. The smallest absolute Gasteiger partial charge is 0.231 e. The predicted octanol–water partition coefficient (Wildman–Crippen LogP) is 3.82. The molecule has 0 bridgehead atoms. The maximum absolute atomic E-state index is 11.5. The molecule has 1 saturated carbocycles. The second-order valence-corrected chi connectivity index (χ2v) is 9.85. The number of hydrogen-bond acceptors (Lipinski definition) is 8. The van der Waals surface area contributed by atoms with Crippen molar-refractivity contribution in [1.82, 2.24) is 24.5 Å². The number of anilines is 1. The number of hydrogen-bond donors (Lipinski definition) is 0. The lowest BCUT2D eigenvalue weighted by atomic mass is 10.0. The molecule has 2 aliphatic rings. The number of piperidine rings is 1. The van der Waals surface area contributed by atoms with Crippen LogP contribution in [0.15, 0.2) is 41.1 Å². The summed E-state index contributed by atoms with van der Waals surface area (Å²) in [6.45, 7) is 2.68. The molecular weight excluding hydrogens is 444 g/mol. The van der Waals surface area contributed by atoms with Gasteiger partial charge in [-0.15, -0.1) is 5.10 Å². The second kappa shape index (κ2) is 8.96. The summed E-state index contributed by atoms with van der Waals surface area (Å²) in [4.78, 5) is 25.4. The van der Waals surface area contributed by atoms with E-state index in [0.29, 0.717) is 48.6 Å². The Morgan fingerprint density at radius 3 is 2.83 bits per heavy atom. The molecule has 4 aromatic rings. The van der Waals surface area contributed by atoms with E-state index in [1.807, 2.05) is 30.5 Å². The van der Waals surface area contributed by atoms with Gasteiger partial charge in [-0.25, -0.2) is 14.5 Å². The van der Waals surface area contributed by atoms with Gasteiger partial charge in [-0.05, 0) is 57.6 Å². The van der Waals surface area contributed by atoms with Crippen LogP contribution in [0.25, 0.3) is 28.1 Å². The summed E-state index contributed by atoms with van der Waals surface area (Å²) in [6, 6.07) is 8.09. The van der Waals surface area contributed by atoms with E-state index in [2.05, 4.69) is 34.0 Å². The zero-order chi connectivity index (χ0) is 23.9. The van der Waals surface area contributed by atoms with Crippen molar-refractivity contribution < 1.29 is 13.9 Å². The van der Waals surface area contributed by atoms with Gasteiger partial charge in [0.15, 0.2) is 11.4 Å². The van der Waals surface area contributed by atoms with Gasteiger partial charge in [0.1, 0.15) is 22.9 Å². The van der Waals surface area contributed by atoms with E-state index < -0.39 is 0 Å². The molecule has 9 heteroatoms. The third kappa shape index (κ3) is 4.25. The molecule has 35 heavy (non-hydrogen) atoms. The van der Waals surface area contributed by atoms with Crippen molar-refractivity contribution in [3.8, 4) is 17.3 Å². The normalized spacial score (nSPS) is 19.7. The summed E-state index contributed by atoms with van der Waals surface area (Å²) in [5.74, 6) is 2.72. The highest BCUT2D eigenvalue weighted by Crippen LogP contribution is 2.34. The molecule has 6 rings (SSSR count). The minimum Gasteiger partial charge on any atom is -0.476 e. The van der Waals surface area contributed by atoms with Gasteiger partial charge >= 0.3 is 0 Å². The van der Waals surface area contributed by atoms with E-state index in [1.165, 1.54) is 0 Å². The van der Waals surface area contributed by atoms with Crippen LogP contribution in [-0.4, -0.2) is 70.1 Å². The molecule has 0 spiro atoms. The van der Waals surface area contributed by atoms with Gasteiger partial charge < -0.3 is 19.0 Å². The molecule has 1 aliphatic carbocycles. The van der Waals surface area contributed by atoms with Crippen LogP contribution in [0.5, 0.6) is 5.88 Å². The van der Waals surface area contributed by atoms with Gasteiger partial charge in [-0.3, -0.25) is 4.79 Å². The highest BCUT2D eigenvalue weighted by atomic mass is 16.5. The number of rotatable bonds is 6. The Morgan fingerprint density at radius 2 is 2.03 bits per heavy atom. The first-order valence-electron chi connectivity index (χ1n) is 12.3. The summed E-state index contributed by atoms with van der Waals surface area (Å²) >= 11 is 0. The van der Waals surface area contributed by atoms with Gasteiger partial charge in [0.25, 0.3) is 0 Å². The first-order chi connectivity index (χ1) is 17.0. The molecular formula is C26H30N6O3. The van der Waals surface area contributed by atoms with Crippen molar-refractivity contribution in [1.29, 1.82) is 0 Å². The van der Waals surface area contributed by atoms with E-state index in [9.17, 15) is 4.79 Å². The maximum atomic E-state index is 11.5. The molecule has 0 radical (unpaired) electrons. The van der Waals surface area contributed by atoms with Crippen LogP contribution >= 0.6 is 0 Å². The number of Topliss-reactive ketones (excluding diaryl/α,β-unsaturated/α-hetero) is 1. The third-order valence-corrected chi connectivity index (χ3v) is 7.40. The van der Waals surface area contributed by atoms with Gasteiger partial charge in [0, 0.05) is 44.1 Å². The van der Waals surface area contributed by atoms with E-state index in [-0.39, 0.29) is 5.92 Å². The number of ketones is 1. The molecule has 1 atom stereocenters. The first kappa shape index (κ1) is 22.0. The van der Waals surface area contributed by atoms with Gasteiger partial charge in [-0.1, -0.05) is 0 Å². The average Bonchev–Trinajstić information content (AvgIpc) is 3.59. The maximum Gasteiger partial charge on any atom is 0.231 e. The van der Waals surface area contributed by atoms with Gasteiger partial charge in [0.05, 0.1) is 18.2 Å². The molecule has 0 N–H and O–H groups in total. The van der Waals surface area contributed by atoms with E-state index in [0.717, 1.165) is 54.8 Å². The minimum atomic E-state index is 0.269. The van der Waals surface area contributed by atoms with E-state index in [1.54, 1.807) is 10.7 Å². The Bertz CT molecular complexity index is 1370. The number of carbonyl (C=O) groups excluding carboxylic acids is 1. The van der Waals surface area contributed by atoms with Crippen LogP contribution in [0, 0.1) is 5.92 Å². The van der Waals surface area contributed by atoms with Crippen molar-refractivity contribution in [3.63, 3.8) is 0 Å². The van der Waals surface area contributed by atoms with Crippen molar-refractivity contribution in [2.75, 3.05) is 38.7 Å². The summed E-state index contributed by atoms with van der Waals surface area (Å²) < 4.78 is 13.9. The van der Waals surface area contributed by atoms with Crippen molar-refractivity contribution in [2.24, 2.45) is 5.92 Å². The lowest BCUT2D eigenvalue weighted by molar-refractivity contribution is -0.117. The third-order valence-electron chi connectivity index (χ3n) is 7.40. The van der Waals surface area contributed by atoms with Crippen LogP contribution in [0.2, 0.25) is 0 Å². The van der Waals surface area contributed by atoms with Gasteiger partial charge in [-0.2, -0.15) is 0 Å². The molecule has 4 aromatic heterocycles. The monoisotopic (exact) mass is 474 g/mol. The zero-order valence-corrected chi connectivity index (χ0v) is 20.2. The summed E-state index contributed by atoms with van der Waals surface area (Å²) in [6.07, 6.45) is 7.95. The fraction of sp³-hybridized carbons (Fsp3) is 0.462. The first-order valence-corrected chi connectivity index (χ1v) is 12.3. The molecule has 1 saturated heterocycles. The Morgan fingerprint density at radius 1 is 1.17 bits per heavy atom. The molecule has 0 amide bonds. The molecule has 1 aliphatic heterocycles. The quantitative estimate of drug-likeness (QED) is 0.417. The number of furan rings is 1. The predicted molar refractivity (Wildman–Crippen MR) is 133 cm³/mol. The lowest BCUT2D eigenvalue weighted by Gasteiger charge is -2.35. The molecule has 5 heterocycles. The van der Waals surface area contributed by atoms with Crippen LogP contribution in [0.3, 0.4) is 0 Å². The van der Waals surface area contributed by atoms with Crippen LogP contribution in [0.4, 0.5) is 5.82 Å². The average molecular weight is 475 g/mol. The number of carbonyl (C=O) groups is 1. The van der Waals surface area contributed by atoms with Gasteiger partial charge in [0.2, 0.25) is 5.88 Å². The Balaban J connectivity index is 1.29. The fourth-order valence-corrected chi connectivity index (χ4v) is 5.25. The van der Waals surface area contributed by atoms with Crippen LogP contribution in [-0.2, 0) is 4.79 Å². The topological polar surface area (TPSA) is 89.0 Å². The molecule has 182 valence electrons. The molecule has 0 aromatic carbocycles. The number of fused-ring (bicyclic) bond motifs is 2. The SMILES string of the molecule is CN1CCC(N(C)c2nccc3oc(-c4cnc5ccc(OC[C@H]6CCC(=O)C6)nn45)cc23)CC1. The van der Waals surface area contributed by atoms with Crippen LogP contribution in [0.1, 0.15) is 32.1 Å². The number of nitrogens with zero attached hydrogens (tertiary/aromatic N) is 6. The molecule has 2 fully saturated rings. The fourth-order valence-electron chi connectivity index (χ4n) is 5.25. The van der Waals surface area contributed by atoms with Crippen molar-refractivity contribution >= 4 is 28.2 Å². The molecule has 0 unspecified atom stereocenters. The number of imidazole rings is 1. The minimum absolute atomic E-state index is 0.269. The Hall–Kier alpha value is -3.46. The Labute approximate surface area is 203 Å². The van der Waals surface area contributed by atoms with E-state index in [4.69, 9.17) is 14.1 Å². The summed E-state index contributed by atoms with van der Waals surface area (Å²) in [5.41, 5.74) is 2.26. The number of aromatic nitrogens is 4. The largest absolute Gasteiger partial charge is 0.476 e. The number of likely N-dealkylation sites (tertiary alicyclic amines) is 1. The zero-order valence-electron chi connectivity index (χ0n) is 20.2. The summed E-state index contributed by atoms with van der Waals surface area (Å²) in [5, 5.41) is 5.64. The number of pyridine rings is 1. The summed E-state index contributed by atoms with van der Waals surface area (Å²) in [7, 11) is 4.30. The van der Waals surface area contributed by atoms with Crippen molar-refractivity contribution in [2.45, 2.75) is 38.1 Å². The highest BCUT2D eigenvalue weighted by Gasteiger charge is 2.25. The standard InChI is InChI=1S/C26H30N6O3/c1-30-11-8-18(9-12-30)31(2)26-20-14-23(35-22(20)7-10-27-26)21-15-28-24-5-6-25(29-32(21)24)34-16-17-3-4-19(33)13-17/h5-7,10,14-15,17-18H,3-4,8-9,11-13,16H2,1-2H3/t17-/m0/s1. The number of ether oxygens (including phenoxy) is 1. The van der Waals surface area contributed by atoms with Crippen molar-refractivity contribution in [3.05, 3.63) is 36.7 Å². The van der Waals surface area contributed by atoms with Crippen LogP contribution < -0.4 is 9.64 Å². The molecule has 9 nitrogen and oxygen atoms in total.